The van der Waals surface area contributed by atoms with Crippen LogP contribution in [0.4, 0.5) is 0 Å². The molecule has 4 nitrogen and oxygen atoms in total. The summed E-state index contributed by atoms with van der Waals surface area (Å²) in [5.41, 5.74) is -1.35. The summed E-state index contributed by atoms with van der Waals surface area (Å²) in [6, 6.07) is 0. The van der Waals surface area contributed by atoms with Crippen LogP contribution in [0.25, 0.3) is 0 Å². The topological polar surface area (TPSA) is 63.6 Å². The first-order valence-corrected chi connectivity index (χ1v) is 6.67. The third-order valence-corrected chi connectivity index (χ3v) is 3.27. The molecule has 1 aliphatic rings. The first-order chi connectivity index (χ1) is 8.55. The molecule has 1 rings (SSSR count). The van der Waals surface area contributed by atoms with Crippen molar-refractivity contribution in [3.63, 3.8) is 0 Å². The van der Waals surface area contributed by atoms with Crippen molar-refractivity contribution < 1.29 is 19.4 Å². The first-order valence-electron chi connectivity index (χ1n) is 6.67. The Balaban J connectivity index is 2.63. The zero-order chi connectivity index (χ0) is 13.6. The lowest BCUT2D eigenvalue weighted by Gasteiger charge is -2.26. The quantitative estimate of drug-likeness (QED) is 0.429. The van der Waals surface area contributed by atoms with Gasteiger partial charge in [0, 0.05) is 0 Å². The molecule has 0 aromatic carbocycles. The van der Waals surface area contributed by atoms with E-state index >= 15 is 0 Å². The van der Waals surface area contributed by atoms with Crippen molar-refractivity contribution in [1.29, 1.82) is 0 Å². The Morgan fingerprint density at radius 3 is 2.72 bits per heavy atom. The van der Waals surface area contributed by atoms with Gasteiger partial charge in [-0.25, -0.2) is 0 Å². The number of esters is 1. The van der Waals surface area contributed by atoms with Crippen molar-refractivity contribution in [2.45, 2.75) is 51.6 Å². The number of aliphatic hydroxyl groups is 1. The van der Waals surface area contributed by atoms with E-state index < -0.39 is 17.5 Å². The minimum Gasteiger partial charge on any atom is -0.465 e. The number of ketones is 1. The lowest BCUT2D eigenvalue weighted by Crippen LogP contribution is -2.42. The van der Waals surface area contributed by atoms with Gasteiger partial charge >= 0.3 is 5.97 Å². The molecule has 0 saturated heterocycles. The second-order valence-electron chi connectivity index (χ2n) is 4.72. The molecule has 0 amide bonds. The highest BCUT2D eigenvalue weighted by molar-refractivity contribution is 6.08. The van der Waals surface area contributed by atoms with Crippen LogP contribution in [0.3, 0.4) is 0 Å². The smallest absolute Gasteiger partial charge is 0.320 e. The van der Waals surface area contributed by atoms with E-state index in [1.165, 1.54) is 12.2 Å². The third-order valence-electron chi connectivity index (χ3n) is 3.27. The molecule has 0 spiro atoms. The maximum atomic E-state index is 11.7. The molecule has 0 heterocycles. The van der Waals surface area contributed by atoms with Crippen molar-refractivity contribution >= 4 is 11.8 Å². The second kappa shape index (κ2) is 6.69. The fourth-order valence-electron chi connectivity index (χ4n) is 2.27. The van der Waals surface area contributed by atoms with Gasteiger partial charge in [0.1, 0.15) is 5.60 Å². The average molecular weight is 254 g/mol. The predicted molar refractivity (Wildman–Crippen MR) is 68.0 cm³/mol. The van der Waals surface area contributed by atoms with Crippen LogP contribution in [0.15, 0.2) is 12.2 Å². The number of unbranched alkanes of at least 4 members (excludes halogenated alkanes) is 3. The van der Waals surface area contributed by atoms with Crippen molar-refractivity contribution in [2.75, 3.05) is 6.61 Å². The molecule has 0 aromatic rings. The van der Waals surface area contributed by atoms with E-state index in [0.717, 1.165) is 25.7 Å². The molecular formula is C14H22O4. The molecule has 1 N–H and O–H groups in total. The van der Waals surface area contributed by atoms with Gasteiger partial charge < -0.3 is 9.84 Å². The van der Waals surface area contributed by atoms with Crippen molar-refractivity contribution in [2.24, 2.45) is 5.92 Å². The molecule has 2 atom stereocenters. The fraction of sp³-hybridized carbons (Fsp3) is 0.714. The number of hydrogen-bond acceptors (Lipinski definition) is 4. The van der Waals surface area contributed by atoms with E-state index in [9.17, 15) is 14.7 Å². The monoisotopic (exact) mass is 254 g/mol. The summed E-state index contributed by atoms with van der Waals surface area (Å²) in [5.74, 6) is -2.05. The van der Waals surface area contributed by atoms with E-state index in [1.807, 2.05) is 0 Å². The first kappa shape index (κ1) is 14.9. The minimum absolute atomic E-state index is 0.217. The molecule has 4 heteroatoms. The Morgan fingerprint density at radius 1 is 1.39 bits per heavy atom. The van der Waals surface area contributed by atoms with E-state index in [1.54, 1.807) is 6.92 Å². The number of allylic oxidation sites excluding steroid dienone is 1. The summed E-state index contributed by atoms with van der Waals surface area (Å²) in [6.45, 7) is 4.01. The van der Waals surface area contributed by atoms with Crippen LogP contribution in [0.5, 0.6) is 0 Å². The summed E-state index contributed by atoms with van der Waals surface area (Å²) in [5, 5.41) is 10.4. The number of ether oxygens (including phenoxy) is 1. The molecular weight excluding hydrogens is 232 g/mol. The molecule has 0 aliphatic heterocycles. The van der Waals surface area contributed by atoms with E-state index in [2.05, 4.69) is 6.92 Å². The Bertz CT molecular complexity index is 335. The Labute approximate surface area is 108 Å². The SMILES string of the molecule is CCCCCCC1(O)C=CC(=O)C1C(=O)OCC. The highest BCUT2D eigenvalue weighted by Gasteiger charge is 2.47. The lowest BCUT2D eigenvalue weighted by atomic mass is 9.85. The number of hydrogen-bond donors (Lipinski definition) is 1. The molecule has 102 valence electrons. The molecule has 0 fully saturated rings. The van der Waals surface area contributed by atoms with Gasteiger partial charge in [-0.2, -0.15) is 0 Å². The highest BCUT2D eigenvalue weighted by Crippen LogP contribution is 2.33. The summed E-state index contributed by atoms with van der Waals surface area (Å²) >= 11 is 0. The van der Waals surface area contributed by atoms with E-state index in [4.69, 9.17) is 4.74 Å². The van der Waals surface area contributed by atoms with Crippen LogP contribution < -0.4 is 0 Å². The molecule has 1 aliphatic carbocycles. The molecule has 2 unspecified atom stereocenters. The van der Waals surface area contributed by atoms with Gasteiger partial charge in [0.2, 0.25) is 0 Å². The Kier molecular flexibility index (Phi) is 5.54. The van der Waals surface area contributed by atoms with Crippen molar-refractivity contribution in [3.8, 4) is 0 Å². The zero-order valence-corrected chi connectivity index (χ0v) is 11.1. The van der Waals surface area contributed by atoms with Crippen LogP contribution in [-0.4, -0.2) is 29.1 Å². The van der Waals surface area contributed by atoms with Crippen LogP contribution in [0.1, 0.15) is 46.0 Å². The second-order valence-corrected chi connectivity index (χ2v) is 4.72. The van der Waals surface area contributed by atoms with Crippen molar-refractivity contribution in [1.82, 2.24) is 0 Å². The van der Waals surface area contributed by atoms with Crippen LogP contribution in [0.2, 0.25) is 0 Å². The predicted octanol–water partition coefficient (Wildman–Crippen LogP) is 2.01. The minimum atomic E-state index is -1.35. The summed E-state index contributed by atoms with van der Waals surface area (Å²) in [7, 11) is 0. The maximum absolute atomic E-state index is 11.7. The molecule has 0 aromatic heterocycles. The Hall–Kier alpha value is -1.16. The van der Waals surface area contributed by atoms with Gasteiger partial charge in [-0.05, 0) is 25.5 Å². The largest absolute Gasteiger partial charge is 0.465 e. The van der Waals surface area contributed by atoms with Crippen molar-refractivity contribution in [3.05, 3.63) is 12.2 Å². The van der Waals surface area contributed by atoms with Gasteiger partial charge in [0.25, 0.3) is 0 Å². The zero-order valence-electron chi connectivity index (χ0n) is 11.1. The molecule has 0 radical (unpaired) electrons. The highest BCUT2D eigenvalue weighted by atomic mass is 16.5. The number of carbonyl (C=O) groups excluding carboxylic acids is 2. The van der Waals surface area contributed by atoms with Crippen LogP contribution in [0, 0.1) is 5.92 Å². The fourth-order valence-corrected chi connectivity index (χ4v) is 2.27. The number of rotatable bonds is 7. The summed E-state index contributed by atoms with van der Waals surface area (Å²) < 4.78 is 4.86. The van der Waals surface area contributed by atoms with Crippen LogP contribution >= 0.6 is 0 Å². The summed E-state index contributed by atoms with van der Waals surface area (Å²) in [4.78, 5) is 23.4. The van der Waals surface area contributed by atoms with E-state index in [0.29, 0.717) is 6.42 Å². The van der Waals surface area contributed by atoms with Gasteiger partial charge in [-0.15, -0.1) is 0 Å². The summed E-state index contributed by atoms with van der Waals surface area (Å²) in [6.07, 6.45) is 7.17. The van der Waals surface area contributed by atoms with Gasteiger partial charge in [-0.3, -0.25) is 9.59 Å². The average Bonchev–Trinajstić information content (AvgIpc) is 2.62. The van der Waals surface area contributed by atoms with E-state index in [-0.39, 0.29) is 12.4 Å². The Morgan fingerprint density at radius 2 is 2.11 bits per heavy atom. The molecule has 18 heavy (non-hydrogen) atoms. The molecule has 0 saturated carbocycles. The molecule has 0 bridgehead atoms. The van der Waals surface area contributed by atoms with Gasteiger partial charge in [0.15, 0.2) is 11.7 Å². The number of carbonyl (C=O) groups is 2. The lowest BCUT2D eigenvalue weighted by molar-refractivity contribution is -0.157. The van der Waals surface area contributed by atoms with Crippen LogP contribution in [-0.2, 0) is 14.3 Å². The van der Waals surface area contributed by atoms with Gasteiger partial charge in [0.05, 0.1) is 6.61 Å². The standard InChI is InChI=1S/C14H22O4/c1-3-5-6-7-9-14(17)10-8-11(15)12(14)13(16)18-4-2/h8,10,12,17H,3-7,9H2,1-2H3. The maximum Gasteiger partial charge on any atom is 0.320 e. The normalized spacial score (nSPS) is 26.6. The third kappa shape index (κ3) is 3.42. The van der Waals surface area contributed by atoms with Gasteiger partial charge in [-0.1, -0.05) is 32.6 Å².